The maximum absolute atomic E-state index is 13.0. The van der Waals surface area contributed by atoms with Gasteiger partial charge in [0.2, 0.25) is 5.91 Å². The Labute approximate surface area is 126 Å². The topological polar surface area (TPSA) is 56.6 Å². The fourth-order valence-electron chi connectivity index (χ4n) is 4.12. The van der Waals surface area contributed by atoms with Crippen molar-refractivity contribution in [3.63, 3.8) is 0 Å². The Balaban J connectivity index is 1.76. The van der Waals surface area contributed by atoms with E-state index in [-0.39, 0.29) is 18.1 Å². The number of carbonyl (C=O) groups is 1. The third kappa shape index (κ3) is 2.56. The van der Waals surface area contributed by atoms with E-state index in [0.29, 0.717) is 13.2 Å². The van der Waals surface area contributed by atoms with Crippen molar-refractivity contribution in [2.24, 2.45) is 5.41 Å². The molecule has 0 radical (unpaired) electrons. The Morgan fingerprint density at radius 1 is 1.38 bits per heavy atom. The summed E-state index contributed by atoms with van der Waals surface area (Å²) in [5, 5.41) is 9.56. The van der Waals surface area contributed by atoms with Crippen LogP contribution in [0.2, 0.25) is 0 Å². The van der Waals surface area contributed by atoms with Gasteiger partial charge in [0.05, 0.1) is 24.8 Å². The maximum atomic E-state index is 13.0. The third-order valence-corrected chi connectivity index (χ3v) is 5.46. The number of fused-ring (bicyclic) bond motifs is 1. The molecule has 1 aliphatic carbocycles. The van der Waals surface area contributed by atoms with Gasteiger partial charge in [0, 0.05) is 19.6 Å². The summed E-state index contributed by atoms with van der Waals surface area (Å²) in [6.45, 7) is 6.37. The lowest BCUT2D eigenvalue weighted by Gasteiger charge is -2.48. The Morgan fingerprint density at radius 3 is 2.81 bits per heavy atom. The first kappa shape index (κ1) is 14.8. The standard InChI is InChI=1S/C16H25N3O2/c1-2-18-8-5-13-14(11-18)21-10-9-19(13)15(20)16(12-17)6-3-4-7-16/h13-14H,2-11H2,1H3/t13-,14+/m0/s1. The number of rotatable bonds is 2. The van der Waals surface area contributed by atoms with Gasteiger partial charge in [0.15, 0.2) is 0 Å². The molecule has 1 amide bonds. The van der Waals surface area contributed by atoms with Crippen molar-refractivity contribution >= 4 is 5.91 Å². The van der Waals surface area contributed by atoms with E-state index in [9.17, 15) is 10.1 Å². The van der Waals surface area contributed by atoms with Crippen LogP contribution in [0.3, 0.4) is 0 Å². The van der Waals surface area contributed by atoms with Gasteiger partial charge in [-0.1, -0.05) is 19.8 Å². The molecular formula is C16H25N3O2. The van der Waals surface area contributed by atoms with E-state index < -0.39 is 5.41 Å². The van der Waals surface area contributed by atoms with Crippen molar-refractivity contribution in [2.75, 3.05) is 32.8 Å². The molecule has 0 aromatic carbocycles. The van der Waals surface area contributed by atoms with E-state index in [1.807, 2.05) is 4.90 Å². The van der Waals surface area contributed by atoms with Crippen LogP contribution in [0.4, 0.5) is 0 Å². The molecule has 0 unspecified atom stereocenters. The zero-order valence-electron chi connectivity index (χ0n) is 12.9. The quantitative estimate of drug-likeness (QED) is 0.771. The highest BCUT2D eigenvalue weighted by Crippen LogP contribution is 2.40. The highest BCUT2D eigenvalue weighted by Gasteiger charge is 2.48. The lowest BCUT2D eigenvalue weighted by Crippen LogP contribution is -2.62. The first-order valence-corrected chi connectivity index (χ1v) is 8.26. The Hall–Kier alpha value is -1.12. The van der Waals surface area contributed by atoms with Gasteiger partial charge in [-0.25, -0.2) is 0 Å². The van der Waals surface area contributed by atoms with Crippen molar-refractivity contribution in [2.45, 2.75) is 51.2 Å². The lowest BCUT2D eigenvalue weighted by molar-refractivity contribution is -0.159. The van der Waals surface area contributed by atoms with Gasteiger partial charge in [0.25, 0.3) is 0 Å². The highest BCUT2D eigenvalue weighted by molar-refractivity contribution is 5.86. The molecule has 3 rings (SSSR count). The highest BCUT2D eigenvalue weighted by atomic mass is 16.5. The molecule has 5 nitrogen and oxygen atoms in total. The van der Waals surface area contributed by atoms with Crippen molar-refractivity contribution in [3.8, 4) is 6.07 Å². The minimum absolute atomic E-state index is 0.0748. The number of morpholine rings is 1. The van der Waals surface area contributed by atoms with Crippen LogP contribution in [0.5, 0.6) is 0 Å². The number of likely N-dealkylation sites (N-methyl/N-ethyl adjacent to an activating group) is 1. The minimum atomic E-state index is -0.746. The number of piperidine rings is 1. The second-order valence-corrected chi connectivity index (χ2v) is 6.56. The zero-order chi connectivity index (χ0) is 14.9. The normalized spacial score (nSPS) is 32.5. The van der Waals surface area contributed by atoms with Gasteiger partial charge >= 0.3 is 0 Å². The van der Waals surface area contributed by atoms with E-state index in [1.165, 1.54) is 0 Å². The van der Waals surface area contributed by atoms with Gasteiger partial charge in [0.1, 0.15) is 5.41 Å². The molecule has 0 aromatic rings. The summed E-state index contributed by atoms with van der Waals surface area (Å²) in [6.07, 6.45) is 4.55. The summed E-state index contributed by atoms with van der Waals surface area (Å²) < 4.78 is 5.91. The molecule has 0 bridgehead atoms. The number of nitrogens with zero attached hydrogens (tertiary/aromatic N) is 3. The van der Waals surface area contributed by atoms with Crippen LogP contribution in [-0.4, -0.2) is 60.6 Å². The second-order valence-electron chi connectivity index (χ2n) is 6.56. The lowest BCUT2D eigenvalue weighted by atomic mass is 9.84. The molecule has 1 saturated carbocycles. The van der Waals surface area contributed by atoms with Gasteiger partial charge < -0.3 is 14.5 Å². The Kier molecular flexibility index (Phi) is 4.19. The summed E-state index contributed by atoms with van der Waals surface area (Å²) >= 11 is 0. The number of ether oxygens (including phenoxy) is 1. The minimum Gasteiger partial charge on any atom is -0.373 e. The number of carbonyl (C=O) groups excluding carboxylic acids is 1. The summed E-state index contributed by atoms with van der Waals surface area (Å²) in [5.74, 6) is 0.0748. The molecule has 0 N–H and O–H groups in total. The molecule has 3 aliphatic rings. The molecule has 2 atom stereocenters. The zero-order valence-corrected chi connectivity index (χ0v) is 12.9. The van der Waals surface area contributed by atoms with Gasteiger partial charge in [-0.15, -0.1) is 0 Å². The largest absolute Gasteiger partial charge is 0.373 e. The van der Waals surface area contributed by atoms with Crippen LogP contribution in [-0.2, 0) is 9.53 Å². The van der Waals surface area contributed by atoms with Crippen LogP contribution in [0.25, 0.3) is 0 Å². The van der Waals surface area contributed by atoms with Crippen LogP contribution in [0.15, 0.2) is 0 Å². The predicted molar refractivity (Wildman–Crippen MR) is 78.5 cm³/mol. The van der Waals surface area contributed by atoms with Crippen molar-refractivity contribution in [3.05, 3.63) is 0 Å². The van der Waals surface area contributed by atoms with Crippen LogP contribution in [0.1, 0.15) is 39.0 Å². The molecule has 2 aliphatic heterocycles. The molecule has 3 fully saturated rings. The number of nitriles is 1. The van der Waals surface area contributed by atoms with Gasteiger partial charge in [-0.05, 0) is 25.8 Å². The summed E-state index contributed by atoms with van der Waals surface area (Å²) in [7, 11) is 0. The van der Waals surface area contributed by atoms with Gasteiger partial charge in [-0.3, -0.25) is 4.79 Å². The average Bonchev–Trinajstić information content (AvgIpc) is 3.03. The first-order chi connectivity index (χ1) is 10.2. The molecule has 2 heterocycles. The molecule has 2 saturated heterocycles. The van der Waals surface area contributed by atoms with Crippen LogP contribution < -0.4 is 0 Å². The van der Waals surface area contributed by atoms with E-state index >= 15 is 0 Å². The maximum Gasteiger partial charge on any atom is 0.243 e. The molecule has 116 valence electrons. The first-order valence-electron chi connectivity index (χ1n) is 8.26. The van der Waals surface area contributed by atoms with Gasteiger partial charge in [-0.2, -0.15) is 5.26 Å². The van der Waals surface area contributed by atoms with E-state index in [4.69, 9.17) is 4.74 Å². The fourth-order valence-corrected chi connectivity index (χ4v) is 4.12. The summed E-state index contributed by atoms with van der Waals surface area (Å²) in [5.41, 5.74) is -0.746. The smallest absolute Gasteiger partial charge is 0.243 e. The second kappa shape index (κ2) is 5.94. The average molecular weight is 291 g/mol. The summed E-state index contributed by atoms with van der Waals surface area (Å²) in [4.78, 5) is 17.4. The number of amides is 1. The fraction of sp³-hybridized carbons (Fsp3) is 0.875. The van der Waals surface area contributed by atoms with E-state index in [1.54, 1.807) is 0 Å². The van der Waals surface area contributed by atoms with Crippen LogP contribution >= 0.6 is 0 Å². The molecule has 21 heavy (non-hydrogen) atoms. The Bertz CT molecular complexity index is 439. The summed E-state index contributed by atoms with van der Waals surface area (Å²) in [6, 6.07) is 2.51. The van der Waals surface area contributed by atoms with Crippen molar-refractivity contribution in [1.82, 2.24) is 9.80 Å². The van der Waals surface area contributed by atoms with Crippen molar-refractivity contribution < 1.29 is 9.53 Å². The number of likely N-dealkylation sites (tertiary alicyclic amines) is 1. The van der Waals surface area contributed by atoms with Crippen molar-refractivity contribution in [1.29, 1.82) is 5.26 Å². The Morgan fingerprint density at radius 2 is 2.14 bits per heavy atom. The molecule has 0 aromatic heterocycles. The predicted octanol–water partition coefficient (Wildman–Crippen LogP) is 1.39. The molecule has 5 heteroatoms. The number of hydrogen-bond acceptors (Lipinski definition) is 4. The molecular weight excluding hydrogens is 266 g/mol. The third-order valence-electron chi connectivity index (χ3n) is 5.46. The number of hydrogen-bond donors (Lipinski definition) is 0. The van der Waals surface area contributed by atoms with E-state index in [0.717, 1.165) is 51.7 Å². The monoisotopic (exact) mass is 291 g/mol. The van der Waals surface area contributed by atoms with Crippen LogP contribution in [0, 0.1) is 16.7 Å². The SMILES string of the molecule is CCN1CC[C@H]2[C@@H](C1)OCCN2C(=O)C1(C#N)CCCC1. The van der Waals surface area contributed by atoms with E-state index in [2.05, 4.69) is 17.9 Å². The molecule has 0 spiro atoms.